The number of para-hydroxylation sites is 1. The minimum absolute atomic E-state index is 0.0343. The Morgan fingerprint density at radius 3 is 2.28 bits per heavy atom. The van der Waals surface area contributed by atoms with Gasteiger partial charge in [0.15, 0.2) is 0 Å². The van der Waals surface area contributed by atoms with Crippen LogP contribution in [0.1, 0.15) is 36.0 Å². The first kappa shape index (κ1) is 15.6. The summed E-state index contributed by atoms with van der Waals surface area (Å²) in [6.45, 7) is 0. The summed E-state index contributed by atoms with van der Waals surface area (Å²) in [6.07, 6.45) is 6.36. The topological polar surface area (TPSA) is 46.9 Å². The van der Waals surface area contributed by atoms with Gasteiger partial charge in [0.25, 0.3) is 5.91 Å². The van der Waals surface area contributed by atoms with Gasteiger partial charge < -0.3 is 5.32 Å². The molecule has 1 amide bonds. The molecule has 4 nitrogen and oxygen atoms in total. The highest BCUT2D eigenvalue weighted by Gasteiger charge is 2.22. The highest BCUT2D eigenvalue weighted by molar-refractivity contribution is 6.00. The van der Waals surface area contributed by atoms with Gasteiger partial charge in [0.1, 0.15) is 5.69 Å². The van der Waals surface area contributed by atoms with E-state index in [1.54, 1.807) is 4.68 Å². The van der Waals surface area contributed by atoms with Crippen LogP contribution in [0.2, 0.25) is 0 Å². The first-order valence-electron chi connectivity index (χ1n) is 8.82. The molecule has 1 aliphatic rings. The highest BCUT2D eigenvalue weighted by atomic mass is 16.1. The van der Waals surface area contributed by atoms with E-state index < -0.39 is 0 Å². The Morgan fingerprint density at radius 2 is 1.60 bits per heavy atom. The zero-order valence-electron chi connectivity index (χ0n) is 14.1. The van der Waals surface area contributed by atoms with Crippen LogP contribution in [0.25, 0.3) is 16.9 Å². The van der Waals surface area contributed by atoms with E-state index in [1.807, 2.05) is 66.9 Å². The second kappa shape index (κ2) is 6.93. The maximum Gasteiger partial charge on any atom is 0.255 e. The van der Waals surface area contributed by atoms with Crippen molar-refractivity contribution >= 4 is 5.91 Å². The molecule has 0 bridgehead atoms. The minimum Gasteiger partial charge on any atom is -0.349 e. The third-order valence-electron chi connectivity index (χ3n) is 4.72. The lowest BCUT2D eigenvalue weighted by Crippen LogP contribution is -2.32. The van der Waals surface area contributed by atoms with Crippen LogP contribution < -0.4 is 5.32 Å². The van der Waals surface area contributed by atoms with Crippen LogP contribution in [0.3, 0.4) is 0 Å². The fourth-order valence-corrected chi connectivity index (χ4v) is 3.40. The zero-order chi connectivity index (χ0) is 17.1. The summed E-state index contributed by atoms with van der Waals surface area (Å²) in [7, 11) is 0. The molecule has 0 atom stereocenters. The molecule has 1 N–H and O–H groups in total. The van der Waals surface area contributed by atoms with Crippen LogP contribution >= 0.6 is 0 Å². The average molecular weight is 331 g/mol. The van der Waals surface area contributed by atoms with Crippen molar-refractivity contribution in [2.45, 2.75) is 31.7 Å². The number of rotatable bonds is 4. The van der Waals surface area contributed by atoms with E-state index >= 15 is 0 Å². The molecule has 1 aromatic heterocycles. The van der Waals surface area contributed by atoms with E-state index in [0.29, 0.717) is 5.56 Å². The van der Waals surface area contributed by atoms with E-state index in [-0.39, 0.29) is 11.9 Å². The van der Waals surface area contributed by atoms with Crippen LogP contribution in [0.15, 0.2) is 66.9 Å². The van der Waals surface area contributed by atoms with Crippen molar-refractivity contribution in [3.63, 3.8) is 0 Å². The van der Waals surface area contributed by atoms with Crippen LogP contribution in [-0.2, 0) is 0 Å². The van der Waals surface area contributed by atoms with Gasteiger partial charge in [0.2, 0.25) is 0 Å². The Hall–Kier alpha value is -2.88. The molecule has 126 valence electrons. The van der Waals surface area contributed by atoms with E-state index in [0.717, 1.165) is 29.8 Å². The van der Waals surface area contributed by atoms with Gasteiger partial charge in [-0.15, -0.1) is 0 Å². The Bertz CT molecular complexity index is 849. The van der Waals surface area contributed by atoms with Crippen molar-refractivity contribution in [3.8, 4) is 16.9 Å². The number of nitrogens with zero attached hydrogens (tertiary/aromatic N) is 2. The Morgan fingerprint density at radius 1 is 0.960 bits per heavy atom. The first-order chi connectivity index (χ1) is 12.3. The quantitative estimate of drug-likeness (QED) is 0.778. The van der Waals surface area contributed by atoms with Crippen LogP contribution in [0, 0.1) is 0 Å². The highest BCUT2D eigenvalue weighted by Crippen LogP contribution is 2.25. The smallest absolute Gasteiger partial charge is 0.255 e. The zero-order valence-corrected chi connectivity index (χ0v) is 14.1. The predicted molar refractivity (Wildman–Crippen MR) is 98.7 cm³/mol. The Balaban J connectivity index is 1.73. The normalized spacial score (nSPS) is 14.6. The number of hydrogen-bond acceptors (Lipinski definition) is 2. The van der Waals surface area contributed by atoms with Gasteiger partial charge in [-0.05, 0) is 25.0 Å². The van der Waals surface area contributed by atoms with Crippen LogP contribution in [0.5, 0.6) is 0 Å². The number of carbonyl (C=O) groups excluding carboxylic acids is 1. The number of amides is 1. The van der Waals surface area contributed by atoms with Crippen molar-refractivity contribution in [3.05, 3.63) is 72.4 Å². The molecule has 1 heterocycles. The summed E-state index contributed by atoms with van der Waals surface area (Å²) in [6, 6.07) is 20.1. The number of carbonyl (C=O) groups is 1. The SMILES string of the molecule is O=C(NC1CCCC1)c1cn(-c2ccccc2)nc1-c1ccccc1. The molecule has 0 unspecified atom stereocenters. The monoisotopic (exact) mass is 331 g/mol. The van der Waals surface area contributed by atoms with E-state index in [4.69, 9.17) is 5.10 Å². The van der Waals surface area contributed by atoms with E-state index in [1.165, 1.54) is 12.8 Å². The summed E-state index contributed by atoms with van der Waals surface area (Å²) in [4.78, 5) is 12.9. The van der Waals surface area contributed by atoms with E-state index in [2.05, 4.69) is 5.32 Å². The second-order valence-electron chi connectivity index (χ2n) is 6.49. The molecule has 1 saturated carbocycles. The van der Waals surface area contributed by atoms with Crippen LogP contribution in [0.4, 0.5) is 0 Å². The van der Waals surface area contributed by atoms with Gasteiger partial charge in [-0.2, -0.15) is 5.10 Å². The molecule has 3 aromatic rings. The second-order valence-corrected chi connectivity index (χ2v) is 6.49. The molecular formula is C21H21N3O. The van der Waals surface area contributed by atoms with Gasteiger partial charge in [0, 0.05) is 17.8 Å². The lowest BCUT2D eigenvalue weighted by Gasteiger charge is -2.11. The summed E-state index contributed by atoms with van der Waals surface area (Å²) < 4.78 is 1.78. The average Bonchev–Trinajstić information content (AvgIpc) is 3.33. The third kappa shape index (κ3) is 3.33. The van der Waals surface area contributed by atoms with Gasteiger partial charge in [0.05, 0.1) is 11.3 Å². The molecule has 1 fully saturated rings. The molecule has 0 spiro atoms. The van der Waals surface area contributed by atoms with Crippen molar-refractivity contribution in [2.75, 3.05) is 0 Å². The predicted octanol–water partition coefficient (Wildman–Crippen LogP) is 4.21. The maximum atomic E-state index is 12.9. The van der Waals surface area contributed by atoms with Crippen molar-refractivity contribution in [2.24, 2.45) is 0 Å². The fraction of sp³-hybridized carbons (Fsp3) is 0.238. The Kier molecular flexibility index (Phi) is 4.34. The number of benzene rings is 2. The summed E-state index contributed by atoms with van der Waals surface area (Å²) in [5, 5.41) is 7.88. The molecule has 0 radical (unpaired) electrons. The molecule has 1 aliphatic carbocycles. The standard InChI is InChI=1S/C21H21N3O/c25-21(22-17-11-7-8-12-17)19-15-24(18-13-5-2-6-14-18)23-20(19)16-9-3-1-4-10-16/h1-6,9-10,13-15,17H,7-8,11-12H2,(H,22,25). The number of nitrogens with one attached hydrogen (secondary N) is 1. The summed E-state index contributed by atoms with van der Waals surface area (Å²) >= 11 is 0. The van der Waals surface area contributed by atoms with Crippen molar-refractivity contribution in [1.29, 1.82) is 0 Å². The van der Waals surface area contributed by atoms with Gasteiger partial charge in [-0.1, -0.05) is 61.4 Å². The number of hydrogen-bond donors (Lipinski definition) is 1. The Labute approximate surface area is 147 Å². The third-order valence-corrected chi connectivity index (χ3v) is 4.72. The summed E-state index contributed by atoms with van der Waals surface area (Å²) in [5.74, 6) is -0.0343. The lowest BCUT2D eigenvalue weighted by atomic mass is 10.1. The van der Waals surface area contributed by atoms with Crippen LogP contribution in [-0.4, -0.2) is 21.7 Å². The molecule has 25 heavy (non-hydrogen) atoms. The van der Waals surface area contributed by atoms with Crippen molar-refractivity contribution in [1.82, 2.24) is 15.1 Å². The summed E-state index contributed by atoms with van der Waals surface area (Å²) in [5.41, 5.74) is 3.25. The molecule has 4 heteroatoms. The van der Waals surface area contributed by atoms with Gasteiger partial charge >= 0.3 is 0 Å². The number of aromatic nitrogens is 2. The minimum atomic E-state index is -0.0343. The molecule has 0 aliphatic heterocycles. The molecule has 2 aromatic carbocycles. The van der Waals surface area contributed by atoms with Gasteiger partial charge in [-0.3, -0.25) is 4.79 Å². The molecule has 0 saturated heterocycles. The maximum absolute atomic E-state index is 12.9. The molecular weight excluding hydrogens is 310 g/mol. The van der Waals surface area contributed by atoms with E-state index in [9.17, 15) is 4.79 Å². The fourth-order valence-electron chi connectivity index (χ4n) is 3.40. The first-order valence-corrected chi connectivity index (χ1v) is 8.82. The lowest BCUT2D eigenvalue weighted by molar-refractivity contribution is 0.0938. The largest absolute Gasteiger partial charge is 0.349 e. The van der Waals surface area contributed by atoms with Crippen molar-refractivity contribution < 1.29 is 4.79 Å². The van der Waals surface area contributed by atoms with Gasteiger partial charge in [-0.25, -0.2) is 4.68 Å². The molecule has 4 rings (SSSR count).